The number of nitrogens with zero attached hydrogens (tertiary/aromatic N) is 1. The maximum atomic E-state index is 13.8. The van der Waals surface area contributed by atoms with Gasteiger partial charge in [-0.2, -0.15) is 0 Å². The topological polar surface area (TPSA) is 116 Å². The Morgan fingerprint density at radius 3 is 2.19 bits per heavy atom. The summed E-state index contributed by atoms with van der Waals surface area (Å²) >= 11 is 0. The van der Waals surface area contributed by atoms with E-state index in [1.54, 1.807) is 47.9 Å². The van der Waals surface area contributed by atoms with Gasteiger partial charge in [0.1, 0.15) is 11.5 Å². The van der Waals surface area contributed by atoms with Crippen molar-refractivity contribution in [1.29, 1.82) is 0 Å². The molecule has 1 atom stereocenters. The van der Waals surface area contributed by atoms with Crippen molar-refractivity contribution in [2.45, 2.75) is 32.2 Å². The van der Waals surface area contributed by atoms with Gasteiger partial charge in [-0.3, -0.25) is 9.59 Å². The first-order valence-corrected chi connectivity index (χ1v) is 11.3. The fourth-order valence-electron chi connectivity index (χ4n) is 4.29. The second kappa shape index (κ2) is 11.5. The van der Waals surface area contributed by atoms with Crippen LogP contribution in [0.15, 0.2) is 47.3 Å². The molecule has 2 N–H and O–H groups in total. The van der Waals surface area contributed by atoms with Crippen LogP contribution in [-0.2, 0) is 22.5 Å². The summed E-state index contributed by atoms with van der Waals surface area (Å²) in [7, 11) is 5.65. The molecule has 0 radical (unpaired) electrons. The Morgan fingerprint density at radius 2 is 1.61 bits per heavy atom. The molecule has 2 aromatic carbocycles. The molecule has 0 spiro atoms. The predicted molar refractivity (Wildman–Crippen MR) is 133 cm³/mol. The molecule has 36 heavy (non-hydrogen) atoms. The molecule has 1 unspecified atom stereocenters. The van der Waals surface area contributed by atoms with Crippen LogP contribution >= 0.6 is 0 Å². The Bertz CT molecular complexity index is 1280. The number of esters is 1. The van der Waals surface area contributed by atoms with Crippen molar-refractivity contribution in [3.63, 3.8) is 0 Å². The number of hydrogen-bond donors (Lipinski definition) is 2. The molecule has 0 bridgehead atoms. The molecule has 1 heterocycles. The van der Waals surface area contributed by atoms with E-state index in [1.165, 1.54) is 34.5 Å². The average molecular weight is 498 g/mol. The van der Waals surface area contributed by atoms with Gasteiger partial charge < -0.3 is 33.7 Å². The van der Waals surface area contributed by atoms with Crippen LogP contribution in [0.25, 0.3) is 0 Å². The highest BCUT2D eigenvalue weighted by molar-refractivity contribution is 5.72. The summed E-state index contributed by atoms with van der Waals surface area (Å²) in [5, 5.41) is 20.5. The zero-order valence-electron chi connectivity index (χ0n) is 21.0. The number of methoxy groups -OCH3 is 4. The number of rotatable bonds is 10. The van der Waals surface area contributed by atoms with Crippen LogP contribution in [0.5, 0.6) is 28.7 Å². The molecule has 192 valence electrons. The minimum Gasteiger partial charge on any atom is -0.508 e. The molecule has 3 aromatic rings. The summed E-state index contributed by atoms with van der Waals surface area (Å²) in [4.78, 5) is 26.2. The van der Waals surface area contributed by atoms with Crippen molar-refractivity contribution in [2.75, 3.05) is 28.4 Å². The summed E-state index contributed by atoms with van der Waals surface area (Å²) in [6.45, 7) is 2.06. The lowest BCUT2D eigenvalue weighted by Gasteiger charge is -2.23. The zero-order valence-corrected chi connectivity index (χ0v) is 21.0. The second-order valence-electron chi connectivity index (χ2n) is 8.21. The van der Waals surface area contributed by atoms with E-state index >= 15 is 0 Å². The van der Waals surface area contributed by atoms with Gasteiger partial charge in [0.05, 0.1) is 40.4 Å². The molecule has 0 aliphatic heterocycles. The summed E-state index contributed by atoms with van der Waals surface area (Å²) in [5.74, 6) is -0.536. The number of phenolic OH excluding ortho intramolecular Hbond substituents is 1. The van der Waals surface area contributed by atoms with E-state index < -0.39 is 17.4 Å². The van der Waals surface area contributed by atoms with Crippen LogP contribution in [-0.4, -0.2) is 49.2 Å². The van der Waals surface area contributed by atoms with Gasteiger partial charge in [0.2, 0.25) is 5.75 Å². The van der Waals surface area contributed by atoms with Crippen molar-refractivity contribution in [2.24, 2.45) is 0 Å². The Kier molecular flexibility index (Phi) is 8.47. The maximum absolute atomic E-state index is 13.8. The first-order valence-electron chi connectivity index (χ1n) is 11.3. The minimum absolute atomic E-state index is 0.0437. The summed E-state index contributed by atoms with van der Waals surface area (Å²) < 4.78 is 22.9. The molecule has 0 aliphatic carbocycles. The number of carbonyl (C=O) groups excluding carboxylic acids is 1. The SMILES string of the molecule is COC(=O)CC(c1ccc(OC)c(OC)c1OC)c1c(O)cc(C)n(CCc2ccc(O)cc2)c1=O. The molecule has 0 saturated carbocycles. The molecule has 0 fully saturated rings. The normalized spacial score (nSPS) is 11.6. The van der Waals surface area contributed by atoms with Crippen molar-refractivity contribution >= 4 is 5.97 Å². The zero-order chi connectivity index (χ0) is 26.4. The van der Waals surface area contributed by atoms with Crippen molar-refractivity contribution in [3.05, 3.63) is 75.2 Å². The standard InChI is InChI=1S/C27H31NO8/c1-16-14-21(30)24(27(32)28(16)13-12-17-6-8-18(29)9-7-17)20(15-23(31)34-3)19-10-11-22(33-2)26(36-5)25(19)35-4/h6-11,14,20,29-30H,12-13,15H2,1-5H3. The smallest absolute Gasteiger partial charge is 0.306 e. The first-order chi connectivity index (χ1) is 17.2. The van der Waals surface area contributed by atoms with Gasteiger partial charge >= 0.3 is 5.97 Å². The van der Waals surface area contributed by atoms with Crippen molar-refractivity contribution in [3.8, 4) is 28.7 Å². The summed E-state index contributed by atoms with van der Waals surface area (Å²) in [6.07, 6.45) is 0.304. The molecular weight excluding hydrogens is 466 g/mol. The third kappa shape index (κ3) is 5.40. The number of carbonyl (C=O) groups is 1. The molecular formula is C27H31NO8. The van der Waals surface area contributed by atoms with Gasteiger partial charge in [-0.15, -0.1) is 0 Å². The number of benzene rings is 2. The summed E-state index contributed by atoms with van der Waals surface area (Å²) in [5.41, 5.74) is 1.57. The fraction of sp³-hybridized carbons (Fsp3) is 0.333. The minimum atomic E-state index is -0.889. The first kappa shape index (κ1) is 26.5. The van der Waals surface area contributed by atoms with Crippen molar-refractivity contribution < 1.29 is 34.0 Å². The number of aromatic hydroxyl groups is 2. The van der Waals surface area contributed by atoms with Gasteiger partial charge in [-0.1, -0.05) is 18.2 Å². The summed E-state index contributed by atoms with van der Waals surface area (Å²) in [6, 6.07) is 11.6. The van der Waals surface area contributed by atoms with Crippen LogP contribution in [0, 0.1) is 6.92 Å². The van der Waals surface area contributed by atoms with Crippen LogP contribution in [0.4, 0.5) is 0 Å². The Balaban J connectivity index is 2.17. The molecule has 9 nitrogen and oxygen atoms in total. The fourth-order valence-corrected chi connectivity index (χ4v) is 4.29. The van der Waals surface area contributed by atoms with Crippen molar-refractivity contribution in [1.82, 2.24) is 4.57 Å². The van der Waals surface area contributed by atoms with Gasteiger partial charge in [0.15, 0.2) is 11.5 Å². The van der Waals surface area contributed by atoms with Crippen LogP contribution < -0.4 is 19.8 Å². The number of aryl methyl sites for hydroxylation is 2. The highest BCUT2D eigenvalue weighted by Crippen LogP contribution is 2.46. The molecule has 1 aromatic heterocycles. The largest absolute Gasteiger partial charge is 0.508 e. The van der Waals surface area contributed by atoms with E-state index in [9.17, 15) is 19.8 Å². The third-order valence-corrected chi connectivity index (χ3v) is 6.14. The predicted octanol–water partition coefficient (Wildman–Crippen LogP) is 3.53. The quantitative estimate of drug-likeness (QED) is 0.409. The Labute approximate surface area is 209 Å². The third-order valence-electron chi connectivity index (χ3n) is 6.14. The van der Waals surface area contributed by atoms with E-state index in [2.05, 4.69) is 0 Å². The monoisotopic (exact) mass is 497 g/mol. The molecule has 0 amide bonds. The second-order valence-corrected chi connectivity index (χ2v) is 8.21. The average Bonchev–Trinajstić information content (AvgIpc) is 2.87. The van der Waals surface area contributed by atoms with Gasteiger partial charge in [-0.25, -0.2) is 0 Å². The lowest BCUT2D eigenvalue weighted by molar-refractivity contribution is -0.140. The number of aromatic nitrogens is 1. The van der Waals surface area contributed by atoms with Crippen LogP contribution in [0.3, 0.4) is 0 Å². The van der Waals surface area contributed by atoms with E-state index in [1.807, 2.05) is 0 Å². The van der Waals surface area contributed by atoms with Gasteiger partial charge in [-0.05, 0) is 43.2 Å². The maximum Gasteiger partial charge on any atom is 0.306 e. The molecule has 9 heteroatoms. The Morgan fingerprint density at radius 1 is 0.944 bits per heavy atom. The number of phenols is 1. The molecule has 3 rings (SSSR count). The van der Waals surface area contributed by atoms with E-state index in [4.69, 9.17) is 18.9 Å². The van der Waals surface area contributed by atoms with Crippen LogP contribution in [0.2, 0.25) is 0 Å². The van der Waals surface area contributed by atoms with E-state index in [0.29, 0.717) is 35.7 Å². The molecule has 0 aliphatic rings. The number of pyridine rings is 1. The van der Waals surface area contributed by atoms with E-state index in [0.717, 1.165) is 5.56 Å². The number of hydrogen-bond acceptors (Lipinski definition) is 8. The molecule has 0 saturated heterocycles. The van der Waals surface area contributed by atoms with Gasteiger partial charge in [0, 0.05) is 23.7 Å². The number of ether oxygens (including phenoxy) is 4. The highest BCUT2D eigenvalue weighted by Gasteiger charge is 2.31. The Hall–Kier alpha value is -4.14. The lowest BCUT2D eigenvalue weighted by atomic mass is 9.87. The van der Waals surface area contributed by atoms with E-state index in [-0.39, 0.29) is 29.2 Å². The highest BCUT2D eigenvalue weighted by atomic mass is 16.5. The lowest BCUT2D eigenvalue weighted by Crippen LogP contribution is -2.29. The van der Waals surface area contributed by atoms with Gasteiger partial charge in [0.25, 0.3) is 5.56 Å². The van der Waals surface area contributed by atoms with Crippen LogP contribution in [0.1, 0.15) is 34.7 Å².